The van der Waals surface area contributed by atoms with Gasteiger partial charge in [0.05, 0.1) is 24.9 Å². The lowest BCUT2D eigenvalue weighted by Crippen LogP contribution is -2.28. The molecule has 0 aliphatic carbocycles. The Balaban J connectivity index is 1.96. The summed E-state index contributed by atoms with van der Waals surface area (Å²) in [7, 11) is 2.87. The molecule has 0 bridgehead atoms. The first-order chi connectivity index (χ1) is 12.4. The third-order valence-corrected chi connectivity index (χ3v) is 3.80. The van der Waals surface area contributed by atoms with Gasteiger partial charge in [-0.1, -0.05) is 29.8 Å². The van der Waals surface area contributed by atoms with E-state index in [4.69, 9.17) is 21.1 Å². The molecule has 0 fully saturated rings. The Hall–Kier alpha value is -2.80. The van der Waals surface area contributed by atoms with Crippen LogP contribution in [-0.2, 0) is 16.1 Å². The fourth-order valence-corrected chi connectivity index (χ4v) is 2.43. The predicted molar refractivity (Wildman–Crippen MR) is 96.0 cm³/mol. The van der Waals surface area contributed by atoms with Gasteiger partial charge in [0.2, 0.25) is 11.8 Å². The summed E-state index contributed by atoms with van der Waals surface area (Å²) >= 11 is 6.00. The first-order valence-corrected chi connectivity index (χ1v) is 8.04. The van der Waals surface area contributed by atoms with Crippen molar-refractivity contribution in [1.82, 2.24) is 5.32 Å². The van der Waals surface area contributed by atoms with E-state index < -0.39 is 24.1 Å². The van der Waals surface area contributed by atoms with E-state index in [1.165, 1.54) is 32.4 Å². The number of methoxy groups -OCH3 is 2. The summed E-state index contributed by atoms with van der Waals surface area (Å²) in [6, 6.07) is 9.07. The number of halogens is 2. The van der Waals surface area contributed by atoms with Gasteiger partial charge in [-0.2, -0.15) is 0 Å². The van der Waals surface area contributed by atoms with Crippen LogP contribution < -0.4 is 20.1 Å². The van der Waals surface area contributed by atoms with Gasteiger partial charge in [-0.05, 0) is 6.07 Å². The standard InChI is InChI=1S/C18H18ClFN2O4/c1-25-15-8-14(16(26-2)7-12(15)19)22-18(24)9-17(23)21-10-11-5-3-4-6-13(11)20/h3-8H,9-10H2,1-2H3,(H,21,23)(H,22,24). The van der Waals surface area contributed by atoms with Crippen molar-refractivity contribution < 1.29 is 23.5 Å². The van der Waals surface area contributed by atoms with Gasteiger partial charge in [-0.3, -0.25) is 9.59 Å². The maximum absolute atomic E-state index is 13.5. The van der Waals surface area contributed by atoms with Crippen LogP contribution in [0.4, 0.5) is 10.1 Å². The van der Waals surface area contributed by atoms with Crippen molar-refractivity contribution in [1.29, 1.82) is 0 Å². The number of amides is 2. The van der Waals surface area contributed by atoms with Crippen LogP contribution >= 0.6 is 11.6 Å². The van der Waals surface area contributed by atoms with Crippen LogP contribution in [0.5, 0.6) is 11.5 Å². The lowest BCUT2D eigenvalue weighted by Gasteiger charge is -2.13. The number of carbonyl (C=O) groups is 2. The molecule has 2 aromatic rings. The Kier molecular flexibility index (Phi) is 6.80. The number of nitrogens with one attached hydrogen (secondary N) is 2. The molecule has 0 spiro atoms. The van der Waals surface area contributed by atoms with Gasteiger partial charge in [0.25, 0.3) is 0 Å². The monoisotopic (exact) mass is 380 g/mol. The summed E-state index contributed by atoms with van der Waals surface area (Å²) in [5, 5.41) is 5.39. The van der Waals surface area contributed by atoms with E-state index in [0.29, 0.717) is 27.8 Å². The average Bonchev–Trinajstić information content (AvgIpc) is 2.62. The van der Waals surface area contributed by atoms with E-state index in [2.05, 4.69) is 10.6 Å². The molecule has 2 aromatic carbocycles. The van der Waals surface area contributed by atoms with Crippen LogP contribution in [0.25, 0.3) is 0 Å². The topological polar surface area (TPSA) is 76.7 Å². The molecule has 26 heavy (non-hydrogen) atoms. The largest absolute Gasteiger partial charge is 0.495 e. The fraction of sp³-hybridized carbons (Fsp3) is 0.222. The second-order valence-corrected chi connectivity index (χ2v) is 5.69. The molecular formula is C18H18ClFN2O4. The Bertz CT molecular complexity index is 814. The highest BCUT2D eigenvalue weighted by Gasteiger charge is 2.15. The van der Waals surface area contributed by atoms with Crippen LogP contribution in [-0.4, -0.2) is 26.0 Å². The summed E-state index contributed by atoms with van der Waals surface area (Å²) in [6.07, 6.45) is -0.428. The molecule has 2 amide bonds. The molecule has 0 aromatic heterocycles. The molecular weight excluding hydrogens is 363 g/mol. The highest BCUT2D eigenvalue weighted by molar-refractivity contribution is 6.32. The third-order valence-electron chi connectivity index (χ3n) is 3.50. The first-order valence-electron chi connectivity index (χ1n) is 7.66. The van der Waals surface area contributed by atoms with Gasteiger partial charge in [0, 0.05) is 24.2 Å². The molecule has 0 saturated carbocycles. The van der Waals surface area contributed by atoms with Crippen molar-refractivity contribution in [2.45, 2.75) is 13.0 Å². The summed E-state index contributed by atoms with van der Waals surface area (Å²) in [5.74, 6) is -0.831. The minimum Gasteiger partial charge on any atom is -0.495 e. The normalized spacial score (nSPS) is 10.2. The maximum Gasteiger partial charge on any atom is 0.233 e. The number of carbonyl (C=O) groups excluding carboxylic acids is 2. The van der Waals surface area contributed by atoms with Gasteiger partial charge in [0.15, 0.2) is 0 Å². The van der Waals surface area contributed by atoms with Gasteiger partial charge in [0.1, 0.15) is 23.7 Å². The first kappa shape index (κ1) is 19.5. The van der Waals surface area contributed by atoms with Crippen molar-refractivity contribution in [3.05, 3.63) is 52.8 Å². The number of benzene rings is 2. The highest BCUT2D eigenvalue weighted by Crippen LogP contribution is 2.35. The molecule has 0 heterocycles. The summed E-state index contributed by atoms with van der Waals surface area (Å²) in [4.78, 5) is 24.0. The van der Waals surface area contributed by atoms with Crippen molar-refractivity contribution in [3.8, 4) is 11.5 Å². The van der Waals surface area contributed by atoms with E-state index in [9.17, 15) is 14.0 Å². The number of ether oxygens (including phenoxy) is 2. The number of hydrogen-bond donors (Lipinski definition) is 2. The molecule has 0 saturated heterocycles. The molecule has 0 unspecified atom stereocenters. The zero-order valence-corrected chi connectivity index (χ0v) is 15.0. The number of rotatable bonds is 7. The van der Waals surface area contributed by atoms with Crippen molar-refractivity contribution in [2.24, 2.45) is 0 Å². The van der Waals surface area contributed by atoms with E-state index >= 15 is 0 Å². The molecule has 2 rings (SSSR count). The van der Waals surface area contributed by atoms with Crippen molar-refractivity contribution in [2.75, 3.05) is 19.5 Å². The maximum atomic E-state index is 13.5. The Morgan fingerprint density at radius 3 is 2.42 bits per heavy atom. The summed E-state index contributed by atoms with van der Waals surface area (Å²) in [6.45, 7) is -0.00310. The average molecular weight is 381 g/mol. The van der Waals surface area contributed by atoms with Gasteiger partial charge in [-0.25, -0.2) is 4.39 Å². The predicted octanol–water partition coefficient (Wildman–Crippen LogP) is 3.14. The third kappa shape index (κ3) is 5.10. The molecule has 138 valence electrons. The lowest BCUT2D eigenvalue weighted by atomic mass is 10.2. The Morgan fingerprint density at radius 1 is 1.08 bits per heavy atom. The summed E-state index contributed by atoms with van der Waals surface area (Å²) < 4.78 is 23.8. The second-order valence-electron chi connectivity index (χ2n) is 5.28. The minimum atomic E-state index is -0.557. The van der Waals surface area contributed by atoms with Crippen molar-refractivity contribution >= 4 is 29.1 Å². The number of anilines is 1. The quantitative estimate of drug-likeness (QED) is 0.723. The SMILES string of the molecule is COc1cc(NC(=O)CC(=O)NCc2ccccc2F)c(OC)cc1Cl. The Morgan fingerprint density at radius 2 is 1.77 bits per heavy atom. The van der Waals surface area contributed by atoms with Crippen LogP contribution in [0.2, 0.25) is 5.02 Å². The van der Waals surface area contributed by atoms with Gasteiger partial charge >= 0.3 is 0 Å². The molecule has 6 nitrogen and oxygen atoms in total. The zero-order valence-electron chi connectivity index (χ0n) is 14.3. The summed E-state index contributed by atoms with van der Waals surface area (Å²) in [5.41, 5.74) is 0.658. The van der Waals surface area contributed by atoms with Gasteiger partial charge < -0.3 is 20.1 Å². The van der Waals surface area contributed by atoms with Crippen LogP contribution in [0, 0.1) is 5.82 Å². The molecule has 0 aliphatic rings. The van der Waals surface area contributed by atoms with Crippen LogP contribution in [0.3, 0.4) is 0 Å². The van der Waals surface area contributed by atoms with E-state index in [-0.39, 0.29) is 6.54 Å². The molecule has 8 heteroatoms. The van der Waals surface area contributed by atoms with E-state index in [0.717, 1.165) is 0 Å². The zero-order chi connectivity index (χ0) is 19.1. The van der Waals surface area contributed by atoms with E-state index in [1.54, 1.807) is 18.2 Å². The van der Waals surface area contributed by atoms with Crippen LogP contribution in [0.15, 0.2) is 36.4 Å². The lowest BCUT2D eigenvalue weighted by molar-refractivity contribution is -0.126. The van der Waals surface area contributed by atoms with Crippen LogP contribution in [0.1, 0.15) is 12.0 Å². The smallest absolute Gasteiger partial charge is 0.233 e. The minimum absolute atomic E-state index is 0.00310. The molecule has 0 atom stereocenters. The van der Waals surface area contributed by atoms with E-state index in [1.807, 2.05) is 0 Å². The van der Waals surface area contributed by atoms with Gasteiger partial charge in [-0.15, -0.1) is 0 Å². The molecule has 0 aliphatic heterocycles. The highest BCUT2D eigenvalue weighted by atomic mass is 35.5. The molecule has 2 N–H and O–H groups in total. The number of hydrogen-bond acceptors (Lipinski definition) is 4. The van der Waals surface area contributed by atoms with Crippen molar-refractivity contribution in [3.63, 3.8) is 0 Å². The fourth-order valence-electron chi connectivity index (χ4n) is 2.20. The molecule has 0 radical (unpaired) electrons. The Labute approximate surface area is 155 Å². The second kappa shape index (κ2) is 9.05.